The summed E-state index contributed by atoms with van der Waals surface area (Å²) in [4.78, 5) is 10.6. The van der Waals surface area contributed by atoms with E-state index in [-0.39, 0.29) is 27.4 Å². The molecule has 6 nitrogen and oxygen atoms in total. The van der Waals surface area contributed by atoms with E-state index in [1.54, 1.807) is 0 Å². The van der Waals surface area contributed by atoms with E-state index in [9.17, 15) is 14.3 Å². The molecule has 1 aromatic carbocycles. The first kappa shape index (κ1) is 14.8. The molecule has 0 aliphatic rings. The summed E-state index contributed by atoms with van der Waals surface area (Å²) in [5, 5.41) is 25.7. The third-order valence-corrected chi connectivity index (χ3v) is 3.47. The van der Waals surface area contributed by atoms with E-state index in [0.717, 1.165) is 17.8 Å². The Morgan fingerprint density at radius 3 is 2.80 bits per heavy atom. The van der Waals surface area contributed by atoms with Gasteiger partial charge in [0, 0.05) is 5.02 Å². The van der Waals surface area contributed by atoms with Gasteiger partial charge in [0.2, 0.25) is 0 Å². The maximum atomic E-state index is 13.9. The van der Waals surface area contributed by atoms with Crippen LogP contribution in [0.4, 0.5) is 4.39 Å². The van der Waals surface area contributed by atoms with Crippen LogP contribution in [0.3, 0.4) is 0 Å². The van der Waals surface area contributed by atoms with Gasteiger partial charge in [0.25, 0.3) is 0 Å². The van der Waals surface area contributed by atoms with E-state index in [4.69, 9.17) is 16.7 Å². The van der Waals surface area contributed by atoms with Crippen molar-refractivity contribution in [1.29, 1.82) is 0 Å². The molecule has 2 aromatic rings. The van der Waals surface area contributed by atoms with Gasteiger partial charge in [-0.25, -0.2) is 4.39 Å². The lowest BCUT2D eigenvalue weighted by molar-refractivity contribution is -0.133. The molecule has 0 aliphatic carbocycles. The first-order valence-electron chi connectivity index (χ1n) is 5.38. The molecule has 0 amide bonds. The number of carboxylic acids is 1. The molecule has 2 N–H and O–H groups in total. The molecule has 0 saturated heterocycles. The van der Waals surface area contributed by atoms with Gasteiger partial charge in [-0.05, 0) is 18.2 Å². The fourth-order valence-electron chi connectivity index (χ4n) is 1.53. The minimum Gasteiger partial charge on any atom is -0.481 e. The van der Waals surface area contributed by atoms with Gasteiger partial charge in [0.15, 0.2) is 11.0 Å². The van der Waals surface area contributed by atoms with Crippen LogP contribution < -0.4 is 0 Å². The maximum Gasteiger partial charge on any atom is 0.313 e. The van der Waals surface area contributed by atoms with E-state index in [1.165, 1.54) is 16.7 Å². The molecule has 0 spiro atoms. The number of aliphatic hydroxyl groups is 1. The number of halogens is 2. The fourth-order valence-corrected chi connectivity index (χ4v) is 2.37. The summed E-state index contributed by atoms with van der Waals surface area (Å²) in [6, 6.07) is 4.00. The van der Waals surface area contributed by atoms with Crippen LogP contribution in [0.2, 0.25) is 5.02 Å². The minimum absolute atomic E-state index is 0.0938. The van der Waals surface area contributed by atoms with Crippen LogP contribution in [0.15, 0.2) is 23.4 Å². The molecule has 0 aliphatic heterocycles. The van der Waals surface area contributed by atoms with Gasteiger partial charge in [-0.1, -0.05) is 23.4 Å². The average molecular weight is 318 g/mol. The number of nitrogens with zero attached hydrogens (tertiary/aromatic N) is 3. The predicted octanol–water partition coefficient (Wildman–Crippen LogP) is 1.73. The van der Waals surface area contributed by atoms with Crippen molar-refractivity contribution in [1.82, 2.24) is 14.8 Å². The van der Waals surface area contributed by atoms with Crippen LogP contribution in [0, 0.1) is 5.82 Å². The van der Waals surface area contributed by atoms with Crippen molar-refractivity contribution >= 4 is 29.3 Å². The number of aromatic nitrogens is 3. The standard InChI is InChI=1S/C11H9ClFN3O3S/c12-6-1-2-8(7(13)3-6)16-9(4-17)14-15-11(16)20-5-10(18)19/h1-3,17H,4-5H2,(H,18,19). The highest BCUT2D eigenvalue weighted by Gasteiger charge is 2.17. The Hall–Kier alpha value is -1.64. The van der Waals surface area contributed by atoms with Crippen molar-refractivity contribution in [3.05, 3.63) is 34.9 Å². The molecule has 0 atom stereocenters. The van der Waals surface area contributed by atoms with Crippen molar-refractivity contribution in [2.45, 2.75) is 11.8 Å². The molecule has 106 valence electrons. The summed E-state index contributed by atoms with van der Waals surface area (Å²) in [7, 11) is 0. The molecule has 20 heavy (non-hydrogen) atoms. The number of rotatable bonds is 5. The Labute approximate surface area is 122 Å². The molecule has 9 heteroatoms. The zero-order valence-corrected chi connectivity index (χ0v) is 11.5. The zero-order valence-electron chi connectivity index (χ0n) is 9.95. The Morgan fingerprint density at radius 2 is 2.20 bits per heavy atom. The summed E-state index contributed by atoms with van der Waals surface area (Å²) in [5.74, 6) is -1.80. The van der Waals surface area contributed by atoms with Crippen molar-refractivity contribution in [3.63, 3.8) is 0 Å². The van der Waals surface area contributed by atoms with Gasteiger partial charge < -0.3 is 10.2 Å². The maximum absolute atomic E-state index is 13.9. The van der Waals surface area contributed by atoms with E-state index in [2.05, 4.69) is 10.2 Å². The molecule has 0 bridgehead atoms. The Balaban J connectivity index is 2.47. The van der Waals surface area contributed by atoms with E-state index in [0.29, 0.717) is 0 Å². The summed E-state index contributed by atoms with van der Waals surface area (Å²) < 4.78 is 15.2. The van der Waals surface area contributed by atoms with Crippen molar-refractivity contribution in [2.75, 3.05) is 5.75 Å². The number of aliphatic carboxylic acids is 1. The number of hydrogen-bond acceptors (Lipinski definition) is 5. The van der Waals surface area contributed by atoms with Crippen molar-refractivity contribution in [3.8, 4) is 5.69 Å². The van der Waals surface area contributed by atoms with Crippen molar-refractivity contribution in [2.24, 2.45) is 0 Å². The van der Waals surface area contributed by atoms with Crippen LogP contribution in [0.25, 0.3) is 5.69 Å². The lowest BCUT2D eigenvalue weighted by Gasteiger charge is -2.09. The van der Waals surface area contributed by atoms with Gasteiger partial charge in [0.05, 0.1) is 11.4 Å². The monoisotopic (exact) mass is 317 g/mol. The second kappa shape index (κ2) is 6.21. The molecular formula is C11H9ClFN3O3S. The normalized spacial score (nSPS) is 10.8. The number of thioether (sulfide) groups is 1. The number of aliphatic hydroxyl groups excluding tert-OH is 1. The highest BCUT2D eigenvalue weighted by molar-refractivity contribution is 7.99. The highest BCUT2D eigenvalue weighted by Crippen LogP contribution is 2.25. The van der Waals surface area contributed by atoms with Crippen LogP contribution in [-0.4, -0.2) is 36.7 Å². The summed E-state index contributed by atoms with van der Waals surface area (Å²) >= 11 is 6.56. The van der Waals surface area contributed by atoms with Crippen LogP contribution in [0.1, 0.15) is 5.82 Å². The van der Waals surface area contributed by atoms with Gasteiger partial charge in [0.1, 0.15) is 12.4 Å². The average Bonchev–Trinajstić information content (AvgIpc) is 2.79. The SMILES string of the molecule is O=C(O)CSc1nnc(CO)n1-c1ccc(Cl)cc1F. The highest BCUT2D eigenvalue weighted by atomic mass is 35.5. The lowest BCUT2D eigenvalue weighted by atomic mass is 10.3. The molecule has 0 unspecified atom stereocenters. The molecule has 0 fully saturated rings. The number of benzene rings is 1. The van der Waals surface area contributed by atoms with Gasteiger partial charge in [-0.15, -0.1) is 10.2 Å². The van der Waals surface area contributed by atoms with Gasteiger partial charge >= 0.3 is 5.97 Å². The lowest BCUT2D eigenvalue weighted by Crippen LogP contribution is -2.06. The molecular weight excluding hydrogens is 309 g/mol. The topological polar surface area (TPSA) is 88.2 Å². The summed E-state index contributed by atoms with van der Waals surface area (Å²) in [6.07, 6.45) is 0. The van der Waals surface area contributed by atoms with E-state index < -0.39 is 18.4 Å². The summed E-state index contributed by atoms with van der Waals surface area (Å²) in [6.45, 7) is -0.456. The fraction of sp³-hybridized carbons (Fsp3) is 0.182. The molecule has 0 radical (unpaired) electrons. The smallest absolute Gasteiger partial charge is 0.313 e. The Kier molecular flexibility index (Phi) is 4.58. The van der Waals surface area contributed by atoms with Crippen LogP contribution in [-0.2, 0) is 11.4 Å². The summed E-state index contributed by atoms with van der Waals surface area (Å²) in [5.41, 5.74) is 0.0938. The second-order valence-corrected chi connectivity index (χ2v) is 5.05. The molecule has 0 saturated carbocycles. The van der Waals surface area contributed by atoms with Gasteiger partial charge in [-0.2, -0.15) is 0 Å². The van der Waals surface area contributed by atoms with Crippen molar-refractivity contribution < 1.29 is 19.4 Å². The van der Waals surface area contributed by atoms with Crippen LogP contribution >= 0.6 is 23.4 Å². The van der Waals surface area contributed by atoms with Gasteiger partial charge in [-0.3, -0.25) is 9.36 Å². The van der Waals surface area contributed by atoms with E-state index in [1.807, 2.05) is 0 Å². The number of carbonyl (C=O) groups is 1. The van der Waals surface area contributed by atoms with E-state index >= 15 is 0 Å². The quantitative estimate of drug-likeness (QED) is 0.816. The first-order chi connectivity index (χ1) is 9.52. The third-order valence-electron chi connectivity index (χ3n) is 2.32. The zero-order chi connectivity index (χ0) is 14.7. The second-order valence-electron chi connectivity index (χ2n) is 3.67. The Morgan fingerprint density at radius 1 is 1.45 bits per heavy atom. The molecule has 1 heterocycles. The molecule has 2 rings (SSSR count). The largest absolute Gasteiger partial charge is 0.481 e. The molecule has 1 aromatic heterocycles. The minimum atomic E-state index is -1.04. The van der Waals surface area contributed by atoms with Crippen LogP contribution in [0.5, 0.6) is 0 Å². The number of carboxylic acid groups (broad SMARTS) is 1. The predicted molar refractivity (Wildman–Crippen MR) is 70.6 cm³/mol. The first-order valence-corrected chi connectivity index (χ1v) is 6.74. The third kappa shape index (κ3) is 3.09. The Bertz CT molecular complexity index is 650. The number of hydrogen-bond donors (Lipinski definition) is 2.